The van der Waals surface area contributed by atoms with Crippen molar-refractivity contribution in [1.29, 1.82) is 0 Å². The van der Waals surface area contributed by atoms with Gasteiger partial charge in [0, 0.05) is 0 Å². The first-order valence-corrected chi connectivity index (χ1v) is 7.32. The standard InChI is InChI=1S/C7H7Si.Os/c1-3-7(2)5-4-6-8;/h1,3-4H,2,6H2;/q-2;. The number of allylic oxidation sites excluding steroid dienone is 4. The van der Waals surface area contributed by atoms with E-state index >= 15 is 0 Å². The molecule has 0 aliphatic carbocycles. The fourth-order valence-electron chi connectivity index (χ4n) is 0.266. The minimum atomic E-state index is 0.761. The Balaban J connectivity index is 3.60. The van der Waals surface area contributed by atoms with E-state index in [0.29, 0.717) is 0 Å². The second kappa shape index (κ2) is 6.20. The van der Waals surface area contributed by atoms with Gasteiger partial charge in [0.05, 0.1) is 0 Å². The molecule has 49 valence electrons. The molecule has 0 radical (unpaired) electrons. The van der Waals surface area contributed by atoms with Gasteiger partial charge in [-0.1, -0.05) is 0 Å². The van der Waals surface area contributed by atoms with Crippen molar-refractivity contribution in [2.24, 2.45) is 0 Å². The van der Waals surface area contributed by atoms with Crippen molar-refractivity contribution < 1.29 is 17.2 Å². The third-order valence-electron chi connectivity index (χ3n) is 0.663. The SMILES string of the molecule is [CH-]=CC(=C)[C-]=CC[Si]#[Os]. The van der Waals surface area contributed by atoms with E-state index in [2.05, 4.69) is 12.7 Å². The zero-order valence-electron chi connectivity index (χ0n) is 5.00. The van der Waals surface area contributed by atoms with Crippen LogP contribution in [0.25, 0.3) is 0 Å². The van der Waals surface area contributed by atoms with Crippen molar-refractivity contribution >= 4 is 7.00 Å². The number of hydrogen-bond donors (Lipinski definition) is 0. The van der Waals surface area contributed by atoms with Gasteiger partial charge in [-0.3, -0.25) is 0 Å². The first-order valence-electron chi connectivity index (χ1n) is 2.45. The van der Waals surface area contributed by atoms with Gasteiger partial charge in [0.2, 0.25) is 0 Å². The maximum atomic E-state index is 5.15. The summed E-state index contributed by atoms with van der Waals surface area (Å²) < 4.78 is 0. The summed E-state index contributed by atoms with van der Waals surface area (Å²) in [6.07, 6.45) is 6.37. The van der Waals surface area contributed by atoms with E-state index < -0.39 is 0 Å². The van der Waals surface area contributed by atoms with E-state index in [1.165, 1.54) is 6.08 Å². The summed E-state index contributed by atoms with van der Waals surface area (Å²) in [7, 11) is 0. The van der Waals surface area contributed by atoms with Gasteiger partial charge in [-0.25, -0.2) is 0 Å². The predicted molar refractivity (Wildman–Crippen MR) is 36.4 cm³/mol. The molecule has 0 fully saturated rings. The third kappa shape index (κ3) is 5.95. The quantitative estimate of drug-likeness (QED) is 0.421. The molecule has 0 saturated carbocycles. The molecule has 0 aromatic rings. The summed E-state index contributed by atoms with van der Waals surface area (Å²) >= 11 is 1.97. The van der Waals surface area contributed by atoms with Crippen molar-refractivity contribution in [1.82, 2.24) is 0 Å². The van der Waals surface area contributed by atoms with Crippen LogP contribution in [0.4, 0.5) is 0 Å². The van der Waals surface area contributed by atoms with E-state index in [4.69, 9.17) is 6.58 Å². The Labute approximate surface area is 67.3 Å². The van der Waals surface area contributed by atoms with E-state index in [1.807, 2.05) is 23.2 Å². The van der Waals surface area contributed by atoms with Crippen LogP contribution in [0, 0.1) is 12.7 Å². The zero-order valence-corrected chi connectivity index (χ0v) is 8.54. The molecule has 0 rings (SSSR count). The van der Waals surface area contributed by atoms with Crippen molar-refractivity contribution in [3.63, 3.8) is 0 Å². The van der Waals surface area contributed by atoms with Gasteiger partial charge < -0.3 is 0 Å². The van der Waals surface area contributed by atoms with E-state index in [0.717, 1.165) is 18.6 Å². The molecule has 0 N–H and O–H groups in total. The summed E-state index contributed by atoms with van der Waals surface area (Å²) in [5.74, 6) is 0. The molecule has 0 aromatic carbocycles. The fourth-order valence-corrected chi connectivity index (χ4v) is 1.22. The summed E-state index contributed by atoms with van der Waals surface area (Å²) in [4.78, 5) is 0. The summed E-state index contributed by atoms with van der Waals surface area (Å²) in [6, 6.07) is 1.09. The van der Waals surface area contributed by atoms with Gasteiger partial charge in [-0.05, 0) is 0 Å². The Bertz CT molecular complexity index is 174. The molecule has 0 aromatic heterocycles. The van der Waals surface area contributed by atoms with E-state index in [1.54, 1.807) is 0 Å². The van der Waals surface area contributed by atoms with Crippen molar-refractivity contribution in [3.05, 3.63) is 37.0 Å². The van der Waals surface area contributed by atoms with Crippen molar-refractivity contribution in [3.8, 4) is 0 Å². The van der Waals surface area contributed by atoms with Crippen LogP contribution in [-0.2, 0) is 17.2 Å². The number of hydrogen-bond acceptors (Lipinski definition) is 0. The molecule has 0 aliphatic rings. The third-order valence-corrected chi connectivity index (χ3v) is 2.57. The van der Waals surface area contributed by atoms with E-state index in [9.17, 15) is 0 Å². The summed E-state index contributed by atoms with van der Waals surface area (Å²) in [5.41, 5.74) is 0.761. The zero-order chi connectivity index (χ0) is 7.11. The predicted octanol–water partition coefficient (Wildman–Crippen LogP) is 1.48. The molecule has 0 heterocycles. The normalized spacial score (nSPS) is 8.89. The first-order chi connectivity index (χ1) is 4.31. The van der Waals surface area contributed by atoms with Crippen LogP contribution in [0.1, 0.15) is 0 Å². The van der Waals surface area contributed by atoms with Crippen LogP contribution in [0.3, 0.4) is 0 Å². The Kier molecular flexibility index (Phi) is 6.25. The maximum absolute atomic E-state index is 5.15. The van der Waals surface area contributed by atoms with Crippen LogP contribution < -0.4 is 0 Å². The Morgan fingerprint density at radius 1 is 1.89 bits per heavy atom. The van der Waals surface area contributed by atoms with Gasteiger partial charge in [-0.2, -0.15) is 0 Å². The summed E-state index contributed by atoms with van der Waals surface area (Å²) in [6.45, 7) is 9.75. The van der Waals surface area contributed by atoms with Crippen molar-refractivity contribution in [2.45, 2.75) is 6.04 Å². The molecule has 2 heteroatoms. The molecule has 0 saturated heterocycles. The van der Waals surface area contributed by atoms with Crippen LogP contribution in [-0.4, -0.2) is 7.00 Å². The van der Waals surface area contributed by atoms with Gasteiger partial charge in [0.25, 0.3) is 0 Å². The van der Waals surface area contributed by atoms with Gasteiger partial charge in [0.1, 0.15) is 0 Å². The molecular formula is C7H7OsSi-2. The Morgan fingerprint density at radius 2 is 2.56 bits per heavy atom. The molecule has 0 aliphatic heterocycles. The molecule has 0 atom stereocenters. The monoisotopic (exact) mass is 311 g/mol. The molecule has 0 amide bonds. The van der Waals surface area contributed by atoms with Crippen LogP contribution in [0.15, 0.2) is 24.3 Å². The van der Waals surface area contributed by atoms with E-state index in [-0.39, 0.29) is 0 Å². The van der Waals surface area contributed by atoms with Crippen molar-refractivity contribution in [2.75, 3.05) is 0 Å². The molecule has 0 unspecified atom stereocenters. The van der Waals surface area contributed by atoms with Gasteiger partial charge in [0.15, 0.2) is 0 Å². The molecule has 9 heavy (non-hydrogen) atoms. The average molecular weight is 309 g/mol. The fraction of sp³-hybridized carbons (Fsp3) is 0.143. The average Bonchev–Trinajstić information content (AvgIpc) is 1.89. The van der Waals surface area contributed by atoms with Gasteiger partial charge in [-0.15, -0.1) is 0 Å². The molecule has 0 nitrogen and oxygen atoms in total. The minimum absolute atomic E-state index is 0.761. The van der Waals surface area contributed by atoms with Crippen LogP contribution in [0.2, 0.25) is 6.04 Å². The topological polar surface area (TPSA) is 0 Å². The van der Waals surface area contributed by atoms with Crippen LogP contribution >= 0.6 is 0 Å². The first kappa shape index (κ1) is 9.07. The number of rotatable bonds is 3. The Morgan fingerprint density at radius 3 is 3.00 bits per heavy atom. The summed E-state index contributed by atoms with van der Waals surface area (Å²) in [5, 5.41) is 0. The second-order valence-corrected chi connectivity index (χ2v) is 4.72. The Hall–Kier alpha value is 0.0732. The second-order valence-electron chi connectivity index (χ2n) is 1.37. The molecular weight excluding hydrogens is 302 g/mol. The molecule has 0 spiro atoms. The van der Waals surface area contributed by atoms with Gasteiger partial charge >= 0.3 is 67.2 Å². The molecule has 0 bridgehead atoms. The van der Waals surface area contributed by atoms with Crippen LogP contribution in [0.5, 0.6) is 0 Å².